The van der Waals surface area contributed by atoms with E-state index in [0.717, 1.165) is 17.7 Å². The molecule has 2 rings (SSSR count). The highest BCUT2D eigenvalue weighted by Crippen LogP contribution is 2.29. The Kier molecular flexibility index (Phi) is 2.84. The standard InChI is InChI=1S/C10H13NO2S/c12-8(9-2-1-5-14-9)6-11-10(13)7-3-4-7/h1-2,5,7-8,12H,3-4,6H2,(H,11,13)/t8-/m0/s1. The Bertz CT molecular complexity index is 306. The van der Waals surface area contributed by atoms with Gasteiger partial charge in [0.05, 0.1) is 0 Å². The van der Waals surface area contributed by atoms with Crippen LogP contribution in [0.15, 0.2) is 17.5 Å². The Balaban J connectivity index is 1.77. The summed E-state index contributed by atoms with van der Waals surface area (Å²) in [5.41, 5.74) is 0. The number of rotatable bonds is 4. The Morgan fingerprint density at radius 1 is 1.71 bits per heavy atom. The molecule has 0 spiro atoms. The molecule has 1 atom stereocenters. The van der Waals surface area contributed by atoms with Gasteiger partial charge in [-0.25, -0.2) is 0 Å². The summed E-state index contributed by atoms with van der Waals surface area (Å²) in [6.45, 7) is 0.329. The summed E-state index contributed by atoms with van der Waals surface area (Å²) in [6, 6.07) is 3.77. The lowest BCUT2D eigenvalue weighted by atomic mass is 10.3. The lowest BCUT2D eigenvalue weighted by molar-refractivity contribution is -0.122. The second-order valence-electron chi connectivity index (χ2n) is 3.55. The highest BCUT2D eigenvalue weighted by atomic mass is 32.1. The van der Waals surface area contributed by atoms with E-state index in [1.807, 2.05) is 17.5 Å². The Hall–Kier alpha value is -0.870. The van der Waals surface area contributed by atoms with Gasteiger partial charge in [0.15, 0.2) is 0 Å². The number of thiophene rings is 1. The largest absolute Gasteiger partial charge is 0.386 e. The molecular formula is C10H13NO2S. The molecule has 1 aromatic heterocycles. The Morgan fingerprint density at radius 2 is 2.50 bits per heavy atom. The smallest absolute Gasteiger partial charge is 0.223 e. The highest BCUT2D eigenvalue weighted by molar-refractivity contribution is 7.10. The minimum atomic E-state index is -0.558. The summed E-state index contributed by atoms with van der Waals surface area (Å²) in [7, 11) is 0. The number of carbonyl (C=O) groups excluding carboxylic acids is 1. The first-order chi connectivity index (χ1) is 6.77. The van der Waals surface area contributed by atoms with Crippen LogP contribution in [0.4, 0.5) is 0 Å². The Labute approximate surface area is 86.8 Å². The molecule has 4 heteroatoms. The van der Waals surface area contributed by atoms with Crippen LogP contribution in [0.25, 0.3) is 0 Å². The molecule has 0 unspecified atom stereocenters. The maximum absolute atomic E-state index is 11.3. The van der Waals surface area contributed by atoms with Gasteiger partial charge in [-0.1, -0.05) is 6.07 Å². The van der Waals surface area contributed by atoms with Crippen LogP contribution in [-0.2, 0) is 4.79 Å². The van der Waals surface area contributed by atoms with Crippen LogP contribution in [0.2, 0.25) is 0 Å². The van der Waals surface area contributed by atoms with E-state index >= 15 is 0 Å². The van der Waals surface area contributed by atoms with E-state index in [1.54, 1.807) is 0 Å². The monoisotopic (exact) mass is 211 g/mol. The normalized spacial score (nSPS) is 17.8. The Morgan fingerprint density at radius 3 is 3.07 bits per heavy atom. The zero-order valence-electron chi connectivity index (χ0n) is 7.77. The van der Waals surface area contributed by atoms with Gasteiger partial charge < -0.3 is 10.4 Å². The summed E-state index contributed by atoms with van der Waals surface area (Å²) < 4.78 is 0. The molecule has 0 radical (unpaired) electrons. The molecule has 76 valence electrons. The number of aliphatic hydroxyl groups excluding tert-OH is 1. The van der Waals surface area contributed by atoms with Gasteiger partial charge in [0.25, 0.3) is 0 Å². The first-order valence-electron chi connectivity index (χ1n) is 4.76. The number of hydrogen-bond acceptors (Lipinski definition) is 3. The third-order valence-electron chi connectivity index (χ3n) is 2.29. The van der Waals surface area contributed by atoms with Crippen LogP contribution < -0.4 is 5.32 Å². The van der Waals surface area contributed by atoms with Crippen LogP contribution >= 0.6 is 11.3 Å². The van der Waals surface area contributed by atoms with E-state index in [2.05, 4.69) is 5.32 Å². The fourth-order valence-electron chi connectivity index (χ4n) is 1.27. The highest BCUT2D eigenvalue weighted by Gasteiger charge is 2.29. The van der Waals surface area contributed by atoms with Crippen molar-refractivity contribution in [2.45, 2.75) is 18.9 Å². The van der Waals surface area contributed by atoms with E-state index < -0.39 is 6.10 Å². The summed E-state index contributed by atoms with van der Waals surface area (Å²) in [5, 5.41) is 14.3. The van der Waals surface area contributed by atoms with E-state index in [9.17, 15) is 9.90 Å². The molecular weight excluding hydrogens is 198 g/mol. The van der Waals surface area contributed by atoms with Crippen molar-refractivity contribution < 1.29 is 9.90 Å². The predicted molar refractivity (Wildman–Crippen MR) is 55.0 cm³/mol. The maximum Gasteiger partial charge on any atom is 0.223 e. The van der Waals surface area contributed by atoms with E-state index in [0.29, 0.717) is 6.54 Å². The molecule has 0 aromatic carbocycles. The maximum atomic E-state index is 11.3. The van der Waals surface area contributed by atoms with E-state index in [-0.39, 0.29) is 11.8 Å². The van der Waals surface area contributed by atoms with Crippen LogP contribution in [0, 0.1) is 5.92 Å². The fraction of sp³-hybridized carbons (Fsp3) is 0.500. The lowest BCUT2D eigenvalue weighted by Gasteiger charge is -2.09. The number of nitrogens with one attached hydrogen (secondary N) is 1. The van der Waals surface area contributed by atoms with Gasteiger partial charge in [0.2, 0.25) is 5.91 Å². The van der Waals surface area contributed by atoms with Crippen molar-refractivity contribution in [2.75, 3.05) is 6.54 Å². The predicted octanol–water partition coefficient (Wildman–Crippen LogP) is 1.31. The molecule has 0 saturated heterocycles. The van der Waals surface area contributed by atoms with Crippen molar-refractivity contribution in [1.82, 2.24) is 5.32 Å². The van der Waals surface area contributed by atoms with Gasteiger partial charge in [-0.3, -0.25) is 4.79 Å². The minimum Gasteiger partial charge on any atom is -0.386 e. The molecule has 1 heterocycles. The summed E-state index contributed by atoms with van der Waals surface area (Å²) in [5.74, 6) is 0.297. The van der Waals surface area contributed by atoms with Crippen molar-refractivity contribution in [1.29, 1.82) is 0 Å². The fourth-order valence-corrected chi connectivity index (χ4v) is 1.98. The quantitative estimate of drug-likeness (QED) is 0.789. The third kappa shape index (κ3) is 2.33. The number of carbonyl (C=O) groups is 1. The molecule has 1 saturated carbocycles. The van der Waals surface area contributed by atoms with Crippen molar-refractivity contribution >= 4 is 17.2 Å². The number of amides is 1. The topological polar surface area (TPSA) is 49.3 Å². The lowest BCUT2D eigenvalue weighted by Crippen LogP contribution is -2.29. The molecule has 1 aromatic rings. The summed E-state index contributed by atoms with van der Waals surface area (Å²) >= 11 is 1.51. The number of hydrogen-bond donors (Lipinski definition) is 2. The van der Waals surface area contributed by atoms with Gasteiger partial charge in [-0.15, -0.1) is 11.3 Å². The molecule has 0 aliphatic heterocycles. The third-order valence-corrected chi connectivity index (χ3v) is 3.26. The van der Waals surface area contributed by atoms with Crippen LogP contribution in [0.1, 0.15) is 23.8 Å². The molecule has 1 aliphatic rings. The first kappa shape index (κ1) is 9.68. The van der Waals surface area contributed by atoms with Crippen LogP contribution in [0.3, 0.4) is 0 Å². The molecule has 0 bridgehead atoms. The first-order valence-corrected chi connectivity index (χ1v) is 5.64. The molecule has 2 N–H and O–H groups in total. The van der Waals surface area contributed by atoms with Gasteiger partial charge in [0.1, 0.15) is 6.10 Å². The summed E-state index contributed by atoms with van der Waals surface area (Å²) in [6.07, 6.45) is 1.44. The van der Waals surface area contributed by atoms with E-state index in [1.165, 1.54) is 11.3 Å². The van der Waals surface area contributed by atoms with Gasteiger partial charge in [0, 0.05) is 17.3 Å². The van der Waals surface area contributed by atoms with Crippen molar-refractivity contribution in [3.63, 3.8) is 0 Å². The van der Waals surface area contributed by atoms with Crippen molar-refractivity contribution in [2.24, 2.45) is 5.92 Å². The zero-order chi connectivity index (χ0) is 9.97. The SMILES string of the molecule is O=C(NC[C@H](O)c1cccs1)C1CC1. The second-order valence-corrected chi connectivity index (χ2v) is 4.53. The van der Waals surface area contributed by atoms with E-state index in [4.69, 9.17) is 0 Å². The molecule has 1 aliphatic carbocycles. The average Bonchev–Trinajstić information content (AvgIpc) is 2.90. The number of aliphatic hydroxyl groups is 1. The zero-order valence-corrected chi connectivity index (χ0v) is 8.59. The van der Waals surface area contributed by atoms with Crippen LogP contribution in [0.5, 0.6) is 0 Å². The molecule has 1 amide bonds. The minimum absolute atomic E-state index is 0.0839. The summed E-state index contributed by atoms with van der Waals surface area (Å²) in [4.78, 5) is 12.2. The van der Waals surface area contributed by atoms with Crippen LogP contribution in [-0.4, -0.2) is 17.6 Å². The van der Waals surface area contributed by atoms with Crippen molar-refractivity contribution in [3.8, 4) is 0 Å². The molecule has 14 heavy (non-hydrogen) atoms. The molecule has 3 nitrogen and oxygen atoms in total. The van der Waals surface area contributed by atoms with Gasteiger partial charge in [-0.2, -0.15) is 0 Å². The van der Waals surface area contributed by atoms with Gasteiger partial charge >= 0.3 is 0 Å². The average molecular weight is 211 g/mol. The van der Waals surface area contributed by atoms with Crippen molar-refractivity contribution in [3.05, 3.63) is 22.4 Å². The van der Waals surface area contributed by atoms with Gasteiger partial charge in [-0.05, 0) is 24.3 Å². The molecule has 1 fully saturated rings. The second kappa shape index (κ2) is 4.11.